The second-order valence-corrected chi connectivity index (χ2v) is 7.39. The van der Waals surface area contributed by atoms with Crippen LogP contribution in [0.2, 0.25) is 0 Å². The molecule has 1 heterocycles. The first kappa shape index (κ1) is 22.0. The van der Waals surface area contributed by atoms with Crippen molar-refractivity contribution in [3.8, 4) is 28.6 Å². The Hall–Kier alpha value is -4.26. The second-order valence-electron chi connectivity index (χ2n) is 7.39. The number of rotatable bonds is 6. The van der Waals surface area contributed by atoms with Crippen molar-refractivity contribution in [1.29, 1.82) is 0 Å². The van der Waals surface area contributed by atoms with Crippen molar-refractivity contribution in [1.82, 2.24) is 0 Å². The number of hydrogen-bond donors (Lipinski definition) is 1. The summed E-state index contributed by atoms with van der Waals surface area (Å²) in [7, 11) is 4.42. The van der Waals surface area contributed by atoms with Gasteiger partial charge in [-0.2, -0.15) is 0 Å². The van der Waals surface area contributed by atoms with Gasteiger partial charge in [-0.3, -0.25) is 9.59 Å². The quantitative estimate of drug-likeness (QED) is 0.447. The van der Waals surface area contributed by atoms with Crippen LogP contribution in [-0.4, -0.2) is 27.2 Å². The van der Waals surface area contributed by atoms with Crippen molar-refractivity contribution in [2.75, 3.05) is 26.6 Å². The molecule has 0 aliphatic heterocycles. The molecule has 0 saturated heterocycles. The summed E-state index contributed by atoms with van der Waals surface area (Å²) in [6, 6.07) is 17.4. The third-order valence-electron chi connectivity index (χ3n) is 5.26. The van der Waals surface area contributed by atoms with Gasteiger partial charge < -0.3 is 23.9 Å². The van der Waals surface area contributed by atoms with E-state index < -0.39 is 0 Å². The van der Waals surface area contributed by atoms with Gasteiger partial charge in [-0.15, -0.1) is 0 Å². The van der Waals surface area contributed by atoms with Crippen LogP contribution >= 0.6 is 0 Å². The van der Waals surface area contributed by atoms with Crippen molar-refractivity contribution < 1.29 is 23.4 Å². The number of ether oxygens (including phenoxy) is 3. The van der Waals surface area contributed by atoms with E-state index in [0.29, 0.717) is 39.7 Å². The lowest BCUT2D eigenvalue weighted by molar-refractivity contribution is 0.102. The third kappa shape index (κ3) is 4.25. The Morgan fingerprint density at radius 2 is 1.52 bits per heavy atom. The van der Waals surface area contributed by atoms with Crippen LogP contribution in [0.5, 0.6) is 17.2 Å². The molecule has 0 bridgehead atoms. The number of amides is 1. The molecule has 0 fully saturated rings. The number of anilines is 1. The maximum Gasteiger partial charge on any atom is 0.255 e. The van der Waals surface area contributed by atoms with E-state index >= 15 is 0 Å². The lowest BCUT2D eigenvalue weighted by Gasteiger charge is -2.14. The molecule has 4 rings (SSSR count). The van der Waals surface area contributed by atoms with Crippen LogP contribution in [0.25, 0.3) is 22.3 Å². The van der Waals surface area contributed by atoms with Gasteiger partial charge in [0, 0.05) is 28.9 Å². The number of nitrogens with one attached hydrogen (secondary N) is 1. The zero-order valence-corrected chi connectivity index (χ0v) is 18.7. The molecule has 0 spiro atoms. The second kappa shape index (κ2) is 9.08. The van der Waals surface area contributed by atoms with Gasteiger partial charge in [-0.05, 0) is 43.3 Å². The monoisotopic (exact) mass is 445 g/mol. The largest absolute Gasteiger partial charge is 0.493 e. The van der Waals surface area contributed by atoms with Gasteiger partial charge in [0.15, 0.2) is 16.9 Å². The smallest absolute Gasteiger partial charge is 0.255 e. The lowest BCUT2D eigenvalue weighted by atomic mass is 10.1. The SMILES string of the molecule is COc1cc2oc(-c3ccc(NC(=O)c4ccc(C)cc4)cc3)cc(=O)c2c(OC)c1OC. The van der Waals surface area contributed by atoms with E-state index in [0.717, 1.165) is 5.56 Å². The number of benzene rings is 3. The van der Waals surface area contributed by atoms with Crippen LogP contribution in [0.15, 0.2) is 69.9 Å². The van der Waals surface area contributed by atoms with Crippen LogP contribution in [0.4, 0.5) is 5.69 Å². The van der Waals surface area contributed by atoms with Gasteiger partial charge in [0.25, 0.3) is 5.91 Å². The zero-order valence-electron chi connectivity index (χ0n) is 18.7. The Balaban J connectivity index is 1.67. The highest BCUT2D eigenvalue weighted by atomic mass is 16.5. The molecule has 0 aliphatic rings. The number of methoxy groups -OCH3 is 3. The normalized spacial score (nSPS) is 10.7. The number of fused-ring (bicyclic) bond motifs is 1. The van der Waals surface area contributed by atoms with Crippen LogP contribution in [0.3, 0.4) is 0 Å². The highest BCUT2D eigenvalue weighted by Crippen LogP contribution is 2.42. The minimum absolute atomic E-state index is 0.201. The molecule has 7 nitrogen and oxygen atoms in total. The first-order chi connectivity index (χ1) is 15.9. The maximum atomic E-state index is 12.9. The topological polar surface area (TPSA) is 87.0 Å². The summed E-state index contributed by atoms with van der Waals surface area (Å²) < 4.78 is 22.1. The summed E-state index contributed by atoms with van der Waals surface area (Å²) in [5, 5.41) is 3.13. The van der Waals surface area contributed by atoms with Crippen molar-refractivity contribution in [3.63, 3.8) is 0 Å². The Labute approximate surface area is 190 Å². The van der Waals surface area contributed by atoms with Crippen LogP contribution in [0, 0.1) is 6.92 Å². The fourth-order valence-electron chi connectivity index (χ4n) is 3.56. The van der Waals surface area contributed by atoms with Crippen LogP contribution in [-0.2, 0) is 0 Å². The molecule has 1 amide bonds. The molecule has 0 aliphatic carbocycles. The van der Waals surface area contributed by atoms with E-state index in [1.807, 2.05) is 19.1 Å². The Morgan fingerprint density at radius 3 is 2.12 bits per heavy atom. The van der Waals surface area contributed by atoms with Gasteiger partial charge in [-0.1, -0.05) is 17.7 Å². The predicted molar refractivity (Wildman–Crippen MR) is 127 cm³/mol. The lowest BCUT2D eigenvalue weighted by Crippen LogP contribution is -2.11. The summed E-state index contributed by atoms with van der Waals surface area (Å²) in [6.45, 7) is 1.97. The van der Waals surface area contributed by atoms with Gasteiger partial charge in [0.2, 0.25) is 5.75 Å². The summed E-state index contributed by atoms with van der Waals surface area (Å²) in [5.41, 5.74) is 2.99. The number of carbonyl (C=O) groups is 1. The molecule has 0 saturated carbocycles. The number of hydrogen-bond acceptors (Lipinski definition) is 6. The van der Waals surface area contributed by atoms with E-state index in [-0.39, 0.29) is 22.5 Å². The average Bonchev–Trinajstić information content (AvgIpc) is 2.83. The molecule has 0 atom stereocenters. The molecule has 0 unspecified atom stereocenters. The molecule has 3 aromatic carbocycles. The number of carbonyl (C=O) groups excluding carboxylic acids is 1. The van der Waals surface area contributed by atoms with Gasteiger partial charge >= 0.3 is 0 Å². The summed E-state index contributed by atoms with van der Waals surface area (Å²) in [6.07, 6.45) is 0. The van der Waals surface area contributed by atoms with Gasteiger partial charge in [0.1, 0.15) is 16.7 Å². The fraction of sp³-hybridized carbons (Fsp3) is 0.154. The Kier molecular flexibility index (Phi) is 6.04. The third-order valence-corrected chi connectivity index (χ3v) is 5.26. The average molecular weight is 445 g/mol. The highest BCUT2D eigenvalue weighted by molar-refractivity contribution is 6.04. The van der Waals surface area contributed by atoms with Gasteiger partial charge in [-0.25, -0.2) is 0 Å². The van der Waals surface area contributed by atoms with E-state index in [9.17, 15) is 9.59 Å². The molecule has 7 heteroatoms. The first-order valence-electron chi connectivity index (χ1n) is 10.2. The predicted octanol–water partition coefficient (Wildman–Crippen LogP) is 5.05. The van der Waals surface area contributed by atoms with Crippen LogP contribution in [0.1, 0.15) is 15.9 Å². The van der Waals surface area contributed by atoms with Crippen molar-refractivity contribution in [3.05, 3.63) is 82.0 Å². The minimum Gasteiger partial charge on any atom is -0.493 e. The molecule has 168 valence electrons. The Bertz CT molecular complexity index is 1370. The maximum absolute atomic E-state index is 12.9. The van der Waals surface area contributed by atoms with Gasteiger partial charge in [0.05, 0.1) is 21.3 Å². The van der Waals surface area contributed by atoms with Crippen molar-refractivity contribution in [2.24, 2.45) is 0 Å². The molecule has 1 N–H and O–H groups in total. The zero-order chi connectivity index (χ0) is 23.5. The first-order valence-corrected chi connectivity index (χ1v) is 10.2. The molecule has 0 radical (unpaired) electrons. The summed E-state index contributed by atoms with van der Waals surface area (Å²) >= 11 is 0. The standard InChI is InChI=1S/C26H23NO6/c1-15-5-7-17(8-6-15)26(29)27-18-11-9-16(10-12-18)20-13-19(28)23-21(33-20)14-22(30-2)24(31-3)25(23)32-4/h5-14H,1-4H3,(H,27,29). The summed E-state index contributed by atoms with van der Waals surface area (Å²) in [4.78, 5) is 25.4. The molecule has 33 heavy (non-hydrogen) atoms. The fourth-order valence-corrected chi connectivity index (χ4v) is 3.56. The number of aryl methyl sites for hydroxylation is 1. The van der Waals surface area contributed by atoms with Crippen LogP contribution < -0.4 is 25.0 Å². The molecule has 4 aromatic rings. The van der Waals surface area contributed by atoms with Crippen molar-refractivity contribution >= 4 is 22.6 Å². The minimum atomic E-state index is -0.277. The molecular weight excluding hydrogens is 422 g/mol. The van der Waals surface area contributed by atoms with E-state index in [1.165, 1.54) is 27.4 Å². The molecular formula is C26H23NO6. The highest BCUT2D eigenvalue weighted by Gasteiger charge is 2.20. The van der Waals surface area contributed by atoms with E-state index in [4.69, 9.17) is 18.6 Å². The molecule has 1 aromatic heterocycles. The van der Waals surface area contributed by atoms with E-state index in [2.05, 4.69) is 5.32 Å². The van der Waals surface area contributed by atoms with E-state index in [1.54, 1.807) is 42.5 Å². The Morgan fingerprint density at radius 1 is 0.848 bits per heavy atom. The van der Waals surface area contributed by atoms with Crippen molar-refractivity contribution in [2.45, 2.75) is 6.92 Å². The summed E-state index contributed by atoms with van der Waals surface area (Å²) in [5.74, 6) is 1.13.